The van der Waals surface area contributed by atoms with Crippen LogP contribution in [0.1, 0.15) is 35.0 Å². The van der Waals surface area contributed by atoms with E-state index in [1.54, 1.807) is 21.8 Å². The first-order chi connectivity index (χ1) is 16.9. The van der Waals surface area contributed by atoms with Crippen molar-refractivity contribution < 1.29 is 4.79 Å². The summed E-state index contributed by atoms with van der Waals surface area (Å²) in [6.45, 7) is 6.89. The molecule has 1 atom stereocenters. The predicted molar refractivity (Wildman–Crippen MR) is 138 cm³/mol. The summed E-state index contributed by atoms with van der Waals surface area (Å²) >= 11 is 1.42. The molecule has 0 aromatic carbocycles. The molecule has 4 aromatic rings. The predicted octanol–water partition coefficient (Wildman–Crippen LogP) is 3.17. The summed E-state index contributed by atoms with van der Waals surface area (Å²) in [5, 5.41) is 20.0. The van der Waals surface area contributed by atoms with E-state index in [0.717, 1.165) is 34.7 Å². The summed E-state index contributed by atoms with van der Waals surface area (Å²) in [7, 11) is 3.70. The number of thiophene rings is 1. The van der Waals surface area contributed by atoms with Crippen molar-refractivity contribution in [1.29, 1.82) is 0 Å². The Morgan fingerprint density at radius 2 is 2.11 bits per heavy atom. The number of hydrogen-bond donors (Lipinski definition) is 3. The van der Waals surface area contributed by atoms with E-state index in [1.165, 1.54) is 24.2 Å². The van der Waals surface area contributed by atoms with Crippen molar-refractivity contribution in [2.45, 2.75) is 32.7 Å². The van der Waals surface area contributed by atoms with Gasteiger partial charge in [0.25, 0.3) is 5.91 Å². The molecule has 0 bridgehead atoms. The van der Waals surface area contributed by atoms with Crippen LogP contribution in [0, 0.1) is 6.92 Å². The molecule has 0 unspecified atom stereocenters. The van der Waals surface area contributed by atoms with E-state index in [2.05, 4.69) is 47.9 Å². The maximum Gasteiger partial charge on any atom is 0.261 e. The number of amides is 1. The highest BCUT2D eigenvalue weighted by atomic mass is 32.1. The van der Waals surface area contributed by atoms with Gasteiger partial charge in [0.15, 0.2) is 11.5 Å². The number of hydrogen-bond acceptors (Lipinski definition) is 9. The fourth-order valence-electron chi connectivity index (χ4n) is 4.36. The normalized spacial score (nSPS) is 16.2. The average molecular weight is 495 g/mol. The molecular formula is C23H30N10OS. The second-order valence-corrected chi connectivity index (χ2v) is 10.0. The number of fused-ring (bicyclic) bond motifs is 1. The standard InChI is InChI=1S/C23H30N10OS/c1-14-10-18(21(34)24-7-9-33-8-5-6-15(33)2)35-22(14)28-19-17-12-25-23(29-20(17)32(4)30-19)27-16-11-26-31(3)13-16/h10-13,15H,5-9H2,1-4H3,(H,24,34)(H,28,30)(H,25,27,29)/t15-/m0/s1. The molecule has 184 valence electrons. The van der Waals surface area contributed by atoms with Crippen molar-refractivity contribution in [1.82, 2.24) is 39.7 Å². The topological polar surface area (TPSA) is 118 Å². The Bertz CT molecular complexity index is 1360. The number of aryl methyl sites for hydroxylation is 3. The van der Waals surface area contributed by atoms with Crippen LogP contribution in [-0.2, 0) is 14.1 Å². The summed E-state index contributed by atoms with van der Waals surface area (Å²) in [5.74, 6) is 1.07. The van der Waals surface area contributed by atoms with Crippen molar-refractivity contribution in [2.75, 3.05) is 30.3 Å². The number of carbonyl (C=O) groups excluding carboxylic acids is 1. The quantitative estimate of drug-likeness (QED) is 0.342. The van der Waals surface area contributed by atoms with Crippen molar-refractivity contribution in [2.24, 2.45) is 14.1 Å². The third-order valence-electron chi connectivity index (χ3n) is 6.29. The maximum absolute atomic E-state index is 12.7. The molecule has 1 amide bonds. The lowest BCUT2D eigenvalue weighted by Crippen LogP contribution is -2.36. The molecule has 0 aliphatic carbocycles. The Kier molecular flexibility index (Phi) is 6.39. The Morgan fingerprint density at radius 1 is 1.26 bits per heavy atom. The summed E-state index contributed by atoms with van der Waals surface area (Å²) in [4.78, 5) is 24.9. The number of rotatable bonds is 8. The molecule has 12 heteroatoms. The van der Waals surface area contributed by atoms with Gasteiger partial charge in [-0.1, -0.05) is 0 Å². The first-order valence-corrected chi connectivity index (χ1v) is 12.5. The Hall–Kier alpha value is -3.51. The van der Waals surface area contributed by atoms with Gasteiger partial charge in [0.1, 0.15) is 0 Å². The number of nitrogens with zero attached hydrogens (tertiary/aromatic N) is 7. The molecule has 1 aliphatic rings. The van der Waals surface area contributed by atoms with Crippen LogP contribution in [0.3, 0.4) is 0 Å². The number of anilines is 4. The molecule has 1 aliphatic heterocycles. The molecule has 35 heavy (non-hydrogen) atoms. The van der Waals surface area contributed by atoms with Crippen molar-refractivity contribution in [3.8, 4) is 0 Å². The largest absolute Gasteiger partial charge is 0.350 e. The number of nitrogens with one attached hydrogen (secondary N) is 3. The molecule has 1 fully saturated rings. The van der Waals surface area contributed by atoms with Gasteiger partial charge in [-0.05, 0) is 44.9 Å². The van der Waals surface area contributed by atoms with Crippen LogP contribution in [0.15, 0.2) is 24.7 Å². The number of carbonyl (C=O) groups is 1. The molecule has 3 N–H and O–H groups in total. The highest BCUT2D eigenvalue weighted by Crippen LogP contribution is 2.32. The van der Waals surface area contributed by atoms with Gasteiger partial charge >= 0.3 is 0 Å². The summed E-state index contributed by atoms with van der Waals surface area (Å²) < 4.78 is 3.42. The van der Waals surface area contributed by atoms with E-state index in [4.69, 9.17) is 0 Å². The Balaban J connectivity index is 1.27. The maximum atomic E-state index is 12.7. The second kappa shape index (κ2) is 9.62. The molecule has 0 spiro atoms. The SMILES string of the molecule is Cc1cc(C(=O)NCCN2CCC[C@@H]2C)sc1Nc1nn(C)c2nc(Nc3cnn(C)c3)ncc12. The van der Waals surface area contributed by atoms with Crippen molar-refractivity contribution >= 4 is 50.7 Å². The first-order valence-electron chi connectivity index (χ1n) is 11.7. The van der Waals surface area contributed by atoms with E-state index >= 15 is 0 Å². The van der Waals surface area contributed by atoms with Crippen LogP contribution < -0.4 is 16.0 Å². The van der Waals surface area contributed by atoms with Gasteiger partial charge in [0.2, 0.25) is 5.95 Å². The molecule has 11 nitrogen and oxygen atoms in total. The van der Waals surface area contributed by atoms with E-state index in [-0.39, 0.29) is 5.91 Å². The highest BCUT2D eigenvalue weighted by Gasteiger charge is 2.20. The molecule has 4 aromatic heterocycles. The lowest BCUT2D eigenvalue weighted by molar-refractivity contribution is 0.0951. The Labute approximate surface area is 207 Å². The number of aromatic nitrogens is 6. The van der Waals surface area contributed by atoms with E-state index in [1.807, 2.05) is 33.3 Å². The molecule has 1 saturated heterocycles. The molecule has 5 rings (SSSR count). The van der Waals surface area contributed by atoms with Gasteiger partial charge in [-0.25, -0.2) is 9.67 Å². The van der Waals surface area contributed by atoms with Crippen LogP contribution in [0.5, 0.6) is 0 Å². The minimum absolute atomic E-state index is 0.0432. The van der Waals surface area contributed by atoms with Gasteiger partial charge in [-0.2, -0.15) is 15.2 Å². The van der Waals surface area contributed by atoms with Crippen LogP contribution in [0.4, 0.5) is 22.5 Å². The zero-order chi connectivity index (χ0) is 24.5. The van der Waals surface area contributed by atoms with Crippen LogP contribution in [0.2, 0.25) is 0 Å². The fourth-order valence-corrected chi connectivity index (χ4v) is 5.34. The van der Waals surface area contributed by atoms with Gasteiger partial charge < -0.3 is 16.0 Å². The zero-order valence-electron chi connectivity index (χ0n) is 20.4. The van der Waals surface area contributed by atoms with Gasteiger partial charge in [-0.3, -0.25) is 14.4 Å². The van der Waals surface area contributed by atoms with Crippen LogP contribution in [-0.4, -0.2) is 66.0 Å². The fraction of sp³-hybridized carbons (Fsp3) is 0.435. The molecule has 5 heterocycles. The van der Waals surface area contributed by atoms with Gasteiger partial charge in [-0.15, -0.1) is 11.3 Å². The summed E-state index contributed by atoms with van der Waals surface area (Å²) in [6.07, 6.45) is 7.78. The van der Waals surface area contributed by atoms with E-state index < -0.39 is 0 Å². The smallest absolute Gasteiger partial charge is 0.261 e. The summed E-state index contributed by atoms with van der Waals surface area (Å²) in [6, 6.07) is 2.52. The lowest BCUT2D eigenvalue weighted by atomic mass is 10.2. The first kappa shape index (κ1) is 23.2. The third-order valence-corrected chi connectivity index (χ3v) is 7.44. The second-order valence-electron chi connectivity index (χ2n) is 8.96. The van der Waals surface area contributed by atoms with Crippen LogP contribution in [0.25, 0.3) is 11.0 Å². The van der Waals surface area contributed by atoms with E-state index in [9.17, 15) is 4.79 Å². The zero-order valence-corrected chi connectivity index (χ0v) is 21.2. The third kappa shape index (κ3) is 4.98. The minimum atomic E-state index is -0.0432. The van der Waals surface area contributed by atoms with Gasteiger partial charge in [0.05, 0.1) is 27.1 Å². The van der Waals surface area contributed by atoms with Crippen molar-refractivity contribution in [3.63, 3.8) is 0 Å². The summed E-state index contributed by atoms with van der Waals surface area (Å²) in [5.41, 5.74) is 2.49. The number of likely N-dealkylation sites (tertiary alicyclic amines) is 1. The highest BCUT2D eigenvalue weighted by molar-refractivity contribution is 7.18. The lowest BCUT2D eigenvalue weighted by Gasteiger charge is -2.20. The molecular weight excluding hydrogens is 464 g/mol. The Morgan fingerprint density at radius 3 is 2.86 bits per heavy atom. The molecule has 0 saturated carbocycles. The van der Waals surface area contributed by atoms with Gasteiger partial charge in [0, 0.05) is 45.6 Å². The average Bonchev–Trinajstić information content (AvgIpc) is 3.59. The minimum Gasteiger partial charge on any atom is -0.350 e. The van der Waals surface area contributed by atoms with Crippen LogP contribution >= 0.6 is 11.3 Å². The van der Waals surface area contributed by atoms with Crippen molar-refractivity contribution in [3.05, 3.63) is 35.1 Å². The van der Waals surface area contributed by atoms with E-state index in [0.29, 0.717) is 34.9 Å². The monoisotopic (exact) mass is 494 g/mol. The molecule has 0 radical (unpaired) electrons.